The number of imidazole rings is 2. The normalized spacial score (nSPS) is 11.2. The van der Waals surface area contributed by atoms with Gasteiger partial charge < -0.3 is 14.3 Å². The largest absolute Gasteiger partial charge is 0.496 e. The van der Waals surface area contributed by atoms with E-state index in [2.05, 4.69) is 19.5 Å². The van der Waals surface area contributed by atoms with Gasteiger partial charge in [0.05, 0.1) is 29.4 Å². The first-order chi connectivity index (χ1) is 12.1. The summed E-state index contributed by atoms with van der Waals surface area (Å²) in [6.07, 6.45) is 3.57. The molecule has 0 spiro atoms. The van der Waals surface area contributed by atoms with Crippen molar-refractivity contribution in [1.29, 1.82) is 0 Å². The number of hydrogen-bond donors (Lipinski definition) is 1. The summed E-state index contributed by atoms with van der Waals surface area (Å²) in [5, 5.41) is 0. The maximum absolute atomic E-state index is 5.61. The molecule has 0 saturated carbocycles. The van der Waals surface area contributed by atoms with Gasteiger partial charge in [-0.05, 0) is 32.0 Å². The Labute approximate surface area is 145 Å². The van der Waals surface area contributed by atoms with Gasteiger partial charge in [-0.3, -0.25) is 4.98 Å². The number of ether oxygens (including phenoxy) is 1. The maximum atomic E-state index is 5.61. The molecule has 0 saturated heterocycles. The number of H-pyrrole nitrogens is 1. The molecule has 0 amide bonds. The fraction of sp³-hybridized carbons (Fsp3) is 0.211. The van der Waals surface area contributed by atoms with Crippen LogP contribution in [-0.4, -0.2) is 31.6 Å². The smallest absolute Gasteiger partial charge is 0.142 e. The van der Waals surface area contributed by atoms with Crippen LogP contribution in [-0.2, 0) is 7.05 Å². The van der Waals surface area contributed by atoms with Crippen molar-refractivity contribution in [3.63, 3.8) is 0 Å². The monoisotopic (exact) mass is 333 g/mol. The quantitative estimate of drug-likeness (QED) is 0.621. The van der Waals surface area contributed by atoms with Crippen molar-refractivity contribution in [3.8, 4) is 28.4 Å². The van der Waals surface area contributed by atoms with Gasteiger partial charge in [0.15, 0.2) is 0 Å². The molecule has 0 aliphatic rings. The van der Waals surface area contributed by atoms with Crippen LogP contribution in [0.1, 0.15) is 11.5 Å². The van der Waals surface area contributed by atoms with E-state index in [1.165, 1.54) is 0 Å². The minimum absolute atomic E-state index is 0.762. The molecule has 1 aromatic carbocycles. The number of aryl methyl sites for hydroxylation is 3. The van der Waals surface area contributed by atoms with E-state index >= 15 is 0 Å². The number of aromatic nitrogens is 5. The SMILES string of the molecule is COc1cc2c(cc1-c1nc(-c3cccnc3)c(C)[nH]1)nc(C)n2C. The Bertz CT molecular complexity index is 1060. The van der Waals surface area contributed by atoms with E-state index in [0.29, 0.717) is 0 Å². The van der Waals surface area contributed by atoms with Crippen molar-refractivity contribution < 1.29 is 4.74 Å². The lowest BCUT2D eigenvalue weighted by Gasteiger charge is -2.07. The molecule has 1 N–H and O–H groups in total. The zero-order valence-corrected chi connectivity index (χ0v) is 14.7. The van der Waals surface area contributed by atoms with Crippen molar-refractivity contribution in [1.82, 2.24) is 24.5 Å². The topological polar surface area (TPSA) is 68.6 Å². The molecule has 3 heterocycles. The van der Waals surface area contributed by atoms with Crippen LogP contribution < -0.4 is 4.74 Å². The molecule has 0 aliphatic heterocycles. The van der Waals surface area contributed by atoms with Gasteiger partial charge in [0.25, 0.3) is 0 Å². The molecular formula is C19H19N5O. The first-order valence-electron chi connectivity index (χ1n) is 8.07. The Hall–Kier alpha value is -3.15. The van der Waals surface area contributed by atoms with Gasteiger partial charge in [-0.25, -0.2) is 9.97 Å². The first-order valence-corrected chi connectivity index (χ1v) is 8.07. The predicted molar refractivity (Wildman–Crippen MR) is 97.6 cm³/mol. The number of nitrogens with zero attached hydrogens (tertiary/aromatic N) is 4. The number of rotatable bonds is 3. The lowest BCUT2D eigenvalue weighted by molar-refractivity contribution is 0.416. The van der Waals surface area contributed by atoms with Crippen molar-refractivity contribution >= 4 is 11.0 Å². The molecule has 0 radical (unpaired) electrons. The summed E-state index contributed by atoms with van der Waals surface area (Å²) >= 11 is 0. The van der Waals surface area contributed by atoms with Crippen molar-refractivity contribution in [2.24, 2.45) is 7.05 Å². The molecule has 126 valence electrons. The van der Waals surface area contributed by atoms with E-state index in [9.17, 15) is 0 Å². The Morgan fingerprint density at radius 3 is 2.72 bits per heavy atom. The van der Waals surface area contributed by atoms with Gasteiger partial charge in [0, 0.05) is 36.8 Å². The number of benzene rings is 1. The van der Waals surface area contributed by atoms with Crippen LogP contribution in [0.15, 0.2) is 36.7 Å². The van der Waals surface area contributed by atoms with E-state index in [1.807, 2.05) is 51.4 Å². The van der Waals surface area contributed by atoms with E-state index < -0.39 is 0 Å². The van der Waals surface area contributed by atoms with Crippen LogP contribution in [0, 0.1) is 13.8 Å². The molecule has 6 nitrogen and oxygen atoms in total. The van der Waals surface area contributed by atoms with E-state index in [0.717, 1.165) is 50.9 Å². The highest BCUT2D eigenvalue weighted by molar-refractivity contribution is 5.86. The zero-order valence-electron chi connectivity index (χ0n) is 14.7. The Kier molecular flexibility index (Phi) is 3.53. The van der Waals surface area contributed by atoms with Crippen LogP contribution in [0.4, 0.5) is 0 Å². The summed E-state index contributed by atoms with van der Waals surface area (Å²) in [5.74, 6) is 2.49. The van der Waals surface area contributed by atoms with Gasteiger partial charge >= 0.3 is 0 Å². The van der Waals surface area contributed by atoms with Crippen LogP contribution >= 0.6 is 0 Å². The average molecular weight is 333 g/mol. The third-order valence-corrected chi connectivity index (χ3v) is 4.50. The number of aromatic amines is 1. The molecule has 0 atom stereocenters. The summed E-state index contributed by atoms with van der Waals surface area (Å²) < 4.78 is 7.67. The highest BCUT2D eigenvalue weighted by Crippen LogP contribution is 2.34. The third kappa shape index (κ3) is 2.46. The molecule has 25 heavy (non-hydrogen) atoms. The standard InChI is InChI=1S/C19H19N5O/c1-11-18(13-6-5-7-20-10-13)23-19(21-11)14-8-15-16(9-17(14)25-4)24(3)12(2)22-15/h5-10H,1-4H3,(H,21,23). The number of nitrogens with one attached hydrogen (secondary N) is 1. The summed E-state index contributed by atoms with van der Waals surface area (Å²) in [6, 6.07) is 7.94. The van der Waals surface area contributed by atoms with Crippen LogP contribution in [0.3, 0.4) is 0 Å². The zero-order chi connectivity index (χ0) is 17.6. The summed E-state index contributed by atoms with van der Waals surface area (Å²) in [6.45, 7) is 4.00. The minimum atomic E-state index is 0.762. The molecule has 0 fully saturated rings. The number of pyridine rings is 1. The minimum Gasteiger partial charge on any atom is -0.496 e. The Morgan fingerprint density at radius 2 is 2.00 bits per heavy atom. The lowest BCUT2D eigenvalue weighted by atomic mass is 10.1. The van der Waals surface area contributed by atoms with Crippen molar-refractivity contribution in [2.75, 3.05) is 7.11 Å². The molecule has 0 unspecified atom stereocenters. The summed E-state index contributed by atoms with van der Waals surface area (Å²) in [5.41, 5.74) is 5.72. The molecule has 4 rings (SSSR count). The average Bonchev–Trinajstić information content (AvgIpc) is 3.15. The van der Waals surface area contributed by atoms with Crippen LogP contribution in [0.25, 0.3) is 33.7 Å². The summed E-state index contributed by atoms with van der Waals surface area (Å²) in [4.78, 5) is 16.9. The van der Waals surface area contributed by atoms with Gasteiger partial charge in [-0.1, -0.05) is 0 Å². The number of methoxy groups -OCH3 is 1. The van der Waals surface area contributed by atoms with Crippen LogP contribution in [0.2, 0.25) is 0 Å². The molecular weight excluding hydrogens is 314 g/mol. The van der Waals surface area contributed by atoms with Gasteiger partial charge in [0.1, 0.15) is 17.4 Å². The Morgan fingerprint density at radius 1 is 1.16 bits per heavy atom. The molecule has 6 heteroatoms. The van der Waals surface area contributed by atoms with Crippen LogP contribution in [0.5, 0.6) is 5.75 Å². The second kappa shape index (κ2) is 5.73. The van der Waals surface area contributed by atoms with E-state index in [-0.39, 0.29) is 0 Å². The Balaban J connectivity index is 1.90. The van der Waals surface area contributed by atoms with E-state index in [1.54, 1.807) is 13.3 Å². The van der Waals surface area contributed by atoms with Gasteiger partial charge in [0.2, 0.25) is 0 Å². The lowest BCUT2D eigenvalue weighted by Crippen LogP contribution is -1.93. The molecule has 4 aromatic rings. The highest BCUT2D eigenvalue weighted by Gasteiger charge is 2.17. The van der Waals surface area contributed by atoms with Gasteiger partial charge in [-0.2, -0.15) is 0 Å². The maximum Gasteiger partial charge on any atom is 0.142 e. The van der Waals surface area contributed by atoms with Crippen molar-refractivity contribution in [2.45, 2.75) is 13.8 Å². The first kappa shape index (κ1) is 15.4. The molecule has 0 aliphatic carbocycles. The van der Waals surface area contributed by atoms with E-state index in [4.69, 9.17) is 9.72 Å². The third-order valence-electron chi connectivity index (χ3n) is 4.50. The molecule has 0 bridgehead atoms. The summed E-state index contributed by atoms with van der Waals surface area (Å²) in [7, 11) is 3.67. The van der Waals surface area contributed by atoms with Gasteiger partial charge in [-0.15, -0.1) is 0 Å². The number of fused-ring (bicyclic) bond motifs is 1. The fourth-order valence-corrected chi connectivity index (χ4v) is 3.07. The molecule has 3 aromatic heterocycles. The number of hydrogen-bond acceptors (Lipinski definition) is 4. The van der Waals surface area contributed by atoms with Crippen molar-refractivity contribution in [3.05, 3.63) is 48.2 Å². The highest BCUT2D eigenvalue weighted by atomic mass is 16.5. The second-order valence-electron chi connectivity index (χ2n) is 6.06. The fourth-order valence-electron chi connectivity index (χ4n) is 3.07. The predicted octanol–water partition coefficient (Wildman–Crippen LogP) is 3.65. The second-order valence-corrected chi connectivity index (χ2v) is 6.06.